The van der Waals surface area contributed by atoms with E-state index in [9.17, 15) is 19.1 Å². The molecular formula is C21H15BrClFN2O4. The molecule has 0 aliphatic rings. The van der Waals surface area contributed by atoms with Crippen molar-refractivity contribution in [3.05, 3.63) is 81.0 Å². The van der Waals surface area contributed by atoms with Crippen molar-refractivity contribution in [1.82, 2.24) is 0 Å². The van der Waals surface area contributed by atoms with Gasteiger partial charge in [0.15, 0.2) is 0 Å². The van der Waals surface area contributed by atoms with E-state index in [0.717, 1.165) is 6.07 Å². The van der Waals surface area contributed by atoms with Crippen molar-refractivity contribution in [2.75, 3.05) is 17.7 Å². The molecule has 154 valence electrons. The number of methoxy groups -OCH3 is 1. The molecule has 0 bridgehead atoms. The molecule has 3 N–H and O–H groups in total. The monoisotopic (exact) mass is 492 g/mol. The van der Waals surface area contributed by atoms with Crippen LogP contribution in [0.4, 0.5) is 15.8 Å². The average Bonchev–Trinajstić information content (AvgIpc) is 2.70. The molecule has 0 spiro atoms. The normalized spacial score (nSPS) is 10.4. The van der Waals surface area contributed by atoms with Gasteiger partial charge >= 0.3 is 0 Å². The van der Waals surface area contributed by atoms with E-state index < -0.39 is 17.6 Å². The van der Waals surface area contributed by atoms with Crippen LogP contribution in [-0.2, 0) is 0 Å². The summed E-state index contributed by atoms with van der Waals surface area (Å²) in [5, 5.41) is 15.3. The van der Waals surface area contributed by atoms with Crippen LogP contribution in [0.1, 0.15) is 20.7 Å². The third-order valence-corrected chi connectivity index (χ3v) is 4.81. The summed E-state index contributed by atoms with van der Waals surface area (Å²) in [6.45, 7) is 0. The van der Waals surface area contributed by atoms with E-state index in [1.54, 1.807) is 12.1 Å². The number of carbonyl (C=O) groups is 2. The molecule has 6 nitrogen and oxygen atoms in total. The first-order chi connectivity index (χ1) is 14.3. The van der Waals surface area contributed by atoms with Gasteiger partial charge in [0.05, 0.1) is 23.9 Å². The SMILES string of the molecule is COc1ccc(NC(=O)c2cc(Br)ccc2O)cc1NC(=O)c1ccc(Cl)cc1F. The predicted octanol–water partition coefficient (Wildman–Crippen LogP) is 5.46. The highest BCUT2D eigenvalue weighted by atomic mass is 79.9. The Morgan fingerprint density at radius 1 is 1.00 bits per heavy atom. The van der Waals surface area contributed by atoms with Gasteiger partial charge in [0.25, 0.3) is 11.8 Å². The molecule has 0 atom stereocenters. The van der Waals surface area contributed by atoms with Gasteiger partial charge in [-0.3, -0.25) is 9.59 Å². The fraction of sp³-hybridized carbons (Fsp3) is 0.0476. The van der Waals surface area contributed by atoms with Gasteiger partial charge in [-0.05, 0) is 54.6 Å². The first-order valence-corrected chi connectivity index (χ1v) is 9.70. The van der Waals surface area contributed by atoms with E-state index in [1.165, 1.54) is 43.5 Å². The Bertz CT molecular complexity index is 1140. The van der Waals surface area contributed by atoms with Gasteiger partial charge in [0, 0.05) is 15.2 Å². The van der Waals surface area contributed by atoms with Gasteiger partial charge in [-0.2, -0.15) is 0 Å². The highest BCUT2D eigenvalue weighted by Gasteiger charge is 2.17. The van der Waals surface area contributed by atoms with Crippen LogP contribution in [0.3, 0.4) is 0 Å². The Morgan fingerprint density at radius 2 is 1.73 bits per heavy atom. The second-order valence-electron chi connectivity index (χ2n) is 6.11. The number of carbonyl (C=O) groups excluding carboxylic acids is 2. The lowest BCUT2D eigenvalue weighted by Gasteiger charge is -2.13. The number of aromatic hydroxyl groups is 1. The lowest BCUT2D eigenvalue weighted by molar-refractivity contribution is 0.101. The molecule has 3 aromatic rings. The summed E-state index contributed by atoms with van der Waals surface area (Å²) in [6, 6.07) is 12.7. The number of rotatable bonds is 5. The maximum absolute atomic E-state index is 14.0. The number of nitrogens with one attached hydrogen (secondary N) is 2. The number of anilines is 2. The van der Waals surface area contributed by atoms with Gasteiger partial charge in [-0.25, -0.2) is 4.39 Å². The number of halogens is 3. The second kappa shape index (κ2) is 9.15. The third-order valence-electron chi connectivity index (χ3n) is 4.08. The van der Waals surface area contributed by atoms with Gasteiger partial charge in [-0.15, -0.1) is 0 Å². The van der Waals surface area contributed by atoms with Crippen molar-refractivity contribution in [2.45, 2.75) is 0 Å². The minimum atomic E-state index is -0.770. The minimum absolute atomic E-state index is 0.0639. The van der Waals surface area contributed by atoms with Crippen LogP contribution in [0.25, 0.3) is 0 Å². The molecule has 0 aromatic heterocycles. The van der Waals surface area contributed by atoms with Crippen LogP contribution < -0.4 is 15.4 Å². The van der Waals surface area contributed by atoms with Crippen molar-refractivity contribution >= 4 is 50.7 Å². The Balaban J connectivity index is 1.85. The zero-order valence-corrected chi connectivity index (χ0v) is 17.8. The molecule has 2 amide bonds. The number of hydrogen-bond donors (Lipinski definition) is 3. The minimum Gasteiger partial charge on any atom is -0.507 e. The number of hydrogen-bond acceptors (Lipinski definition) is 4. The van der Waals surface area contributed by atoms with Crippen LogP contribution in [-0.4, -0.2) is 24.0 Å². The molecule has 0 saturated heterocycles. The highest BCUT2D eigenvalue weighted by Crippen LogP contribution is 2.30. The van der Waals surface area contributed by atoms with Gasteiger partial charge in [-0.1, -0.05) is 27.5 Å². The van der Waals surface area contributed by atoms with E-state index in [-0.39, 0.29) is 27.6 Å². The Labute approximate surface area is 184 Å². The van der Waals surface area contributed by atoms with E-state index in [4.69, 9.17) is 16.3 Å². The molecular weight excluding hydrogens is 479 g/mol. The molecule has 0 aliphatic heterocycles. The summed E-state index contributed by atoms with van der Waals surface area (Å²) >= 11 is 8.96. The summed E-state index contributed by atoms with van der Waals surface area (Å²) in [5.41, 5.74) is 0.407. The molecule has 30 heavy (non-hydrogen) atoms. The van der Waals surface area contributed by atoms with Gasteiger partial charge in [0.1, 0.15) is 17.3 Å². The zero-order valence-electron chi connectivity index (χ0n) is 15.5. The molecule has 0 aliphatic carbocycles. The lowest BCUT2D eigenvalue weighted by atomic mass is 10.1. The first-order valence-electron chi connectivity index (χ1n) is 8.53. The molecule has 0 radical (unpaired) electrons. The van der Waals surface area contributed by atoms with Crippen molar-refractivity contribution in [3.8, 4) is 11.5 Å². The quantitative estimate of drug-likeness (QED) is 0.440. The maximum atomic E-state index is 14.0. The number of ether oxygens (including phenoxy) is 1. The Morgan fingerprint density at radius 3 is 2.43 bits per heavy atom. The van der Waals surface area contributed by atoms with Crippen LogP contribution >= 0.6 is 27.5 Å². The summed E-state index contributed by atoms with van der Waals surface area (Å²) in [6.07, 6.45) is 0. The number of amides is 2. The van der Waals surface area contributed by atoms with Gasteiger partial charge < -0.3 is 20.5 Å². The second-order valence-corrected chi connectivity index (χ2v) is 7.46. The summed E-state index contributed by atoms with van der Waals surface area (Å²) in [4.78, 5) is 25.0. The Hall–Kier alpha value is -3.10. The van der Waals surface area contributed by atoms with E-state index in [1.807, 2.05) is 0 Å². The molecule has 0 unspecified atom stereocenters. The molecule has 9 heteroatoms. The molecule has 0 saturated carbocycles. The predicted molar refractivity (Wildman–Crippen MR) is 116 cm³/mol. The van der Waals surface area contributed by atoms with Crippen LogP contribution in [0.15, 0.2) is 59.1 Å². The van der Waals surface area contributed by atoms with Crippen molar-refractivity contribution in [2.24, 2.45) is 0 Å². The Kier molecular flexibility index (Phi) is 6.59. The molecule has 3 rings (SSSR count). The summed E-state index contributed by atoms with van der Waals surface area (Å²) < 4.78 is 19.9. The molecule has 0 fully saturated rings. The average molecular weight is 494 g/mol. The highest BCUT2D eigenvalue weighted by molar-refractivity contribution is 9.10. The fourth-order valence-electron chi connectivity index (χ4n) is 2.64. The molecule has 0 heterocycles. The topological polar surface area (TPSA) is 87.7 Å². The van der Waals surface area contributed by atoms with Crippen molar-refractivity contribution in [3.63, 3.8) is 0 Å². The van der Waals surface area contributed by atoms with Crippen LogP contribution in [0.2, 0.25) is 5.02 Å². The van der Waals surface area contributed by atoms with E-state index >= 15 is 0 Å². The molecule has 3 aromatic carbocycles. The fourth-order valence-corrected chi connectivity index (χ4v) is 3.16. The van der Waals surface area contributed by atoms with Crippen molar-refractivity contribution < 1.29 is 23.8 Å². The smallest absolute Gasteiger partial charge is 0.259 e. The largest absolute Gasteiger partial charge is 0.507 e. The number of phenolic OH excluding ortho intramolecular Hbond substituents is 1. The number of benzene rings is 3. The van der Waals surface area contributed by atoms with E-state index in [0.29, 0.717) is 15.9 Å². The van der Waals surface area contributed by atoms with Crippen LogP contribution in [0, 0.1) is 5.82 Å². The van der Waals surface area contributed by atoms with Gasteiger partial charge in [0.2, 0.25) is 0 Å². The maximum Gasteiger partial charge on any atom is 0.259 e. The third kappa shape index (κ3) is 4.90. The summed E-state index contributed by atoms with van der Waals surface area (Å²) in [7, 11) is 1.41. The number of phenols is 1. The lowest BCUT2D eigenvalue weighted by Crippen LogP contribution is -2.16. The van der Waals surface area contributed by atoms with Crippen molar-refractivity contribution in [1.29, 1.82) is 0 Å². The van der Waals surface area contributed by atoms with Crippen LogP contribution in [0.5, 0.6) is 11.5 Å². The summed E-state index contributed by atoms with van der Waals surface area (Å²) in [5.74, 6) is -1.92. The first kappa shape index (κ1) is 21.6. The standard InChI is InChI=1S/C21H15BrClFN2O4/c1-30-19-7-4-13(25-21(29)15-8-11(22)2-6-18(15)27)10-17(19)26-20(28)14-5-3-12(23)9-16(14)24/h2-10,27H,1H3,(H,25,29)(H,26,28). The zero-order chi connectivity index (χ0) is 21.8. The van der Waals surface area contributed by atoms with E-state index in [2.05, 4.69) is 26.6 Å².